The Labute approximate surface area is 170 Å². The first-order valence-corrected chi connectivity index (χ1v) is 9.84. The lowest BCUT2D eigenvalue weighted by Gasteiger charge is -2.32. The predicted molar refractivity (Wildman–Crippen MR) is 113 cm³/mol. The molecule has 3 heterocycles. The number of methoxy groups -OCH3 is 1. The third-order valence-corrected chi connectivity index (χ3v) is 5.20. The third kappa shape index (κ3) is 4.29. The number of fused-ring (bicyclic) bond motifs is 1. The largest absolute Gasteiger partial charge is 0.497 e. The number of nitrogens with zero attached hydrogens (tertiary/aromatic N) is 4. The highest BCUT2D eigenvalue weighted by Crippen LogP contribution is 2.24. The van der Waals surface area contributed by atoms with Crippen LogP contribution in [-0.2, 0) is 4.79 Å². The highest BCUT2D eigenvalue weighted by Gasteiger charge is 2.27. The summed E-state index contributed by atoms with van der Waals surface area (Å²) in [7, 11) is 1.63. The summed E-state index contributed by atoms with van der Waals surface area (Å²) >= 11 is 0. The number of ether oxygens (including phenoxy) is 1. The minimum Gasteiger partial charge on any atom is -0.497 e. The maximum Gasteiger partial charge on any atom is 0.229 e. The molecule has 3 aromatic rings. The van der Waals surface area contributed by atoms with Crippen LogP contribution in [0.3, 0.4) is 0 Å². The molecule has 1 fully saturated rings. The number of carbonyl (C=O) groups is 1. The van der Waals surface area contributed by atoms with Crippen molar-refractivity contribution in [3.63, 3.8) is 0 Å². The summed E-state index contributed by atoms with van der Waals surface area (Å²) in [5.41, 5.74) is 3.42. The van der Waals surface area contributed by atoms with Crippen molar-refractivity contribution in [1.29, 1.82) is 0 Å². The fourth-order valence-corrected chi connectivity index (χ4v) is 3.76. The molecular formula is C22H25N5O2. The minimum atomic E-state index is -0.111. The standard InChI is InChI=1S/C22H25N5O2/c1-14-9-15(2)25-22(24-14)27-8-4-5-17(13-27)21(28)26-18-10-16-6-7-19(29-3)11-20(16)23-12-18/h6-7,9-12,17H,4-5,8,13H2,1-3H3,(H,26,28)/t17-/m0/s1. The van der Waals surface area contributed by atoms with Crippen molar-refractivity contribution in [3.05, 3.63) is 47.9 Å². The third-order valence-electron chi connectivity index (χ3n) is 5.20. The number of carbonyl (C=O) groups excluding carboxylic acids is 1. The van der Waals surface area contributed by atoms with E-state index in [1.807, 2.05) is 44.2 Å². The second-order valence-corrected chi connectivity index (χ2v) is 7.51. The molecule has 1 N–H and O–H groups in total. The zero-order chi connectivity index (χ0) is 20.4. The molecule has 0 saturated carbocycles. The number of hydrogen-bond acceptors (Lipinski definition) is 6. The summed E-state index contributed by atoms with van der Waals surface area (Å²) in [5.74, 6) is 1.37. The molecule has 1 amide bonds. The van der Waals surface area contributed by atoms with Crippen LogP contribution in [0.1, 0.15) is 24.2 Å². The lowest BCUT2D eigenvalue weighted by Crippen LogP contribution is -2.41. The van der Waals surface area contributed by atoms with Gasteiger partial charge in [0.25, 0.3) is 0 Å². The van der Waals surface area contributed by atoms with Crippen molar-refractivity contribution >= 4 is 28.4 Å². The van der Waals surface area contributed by atoms with Crippen LogP contribution in [0.4, 0.5) is 11.6 Å². The first-order chi connectivity index (χ1) is 14.0. The lowest BCUT2D eigenvalue weighted by atomic mass is 9.97. The molecule has 0 unspecified atom stereocenters. The fraction of sp³-hybridized carbons (Fsp3) is 0.364. The van der Waals surface area contributed by atoms with Gasteiger partial charge in [-0.05, 0) is 51.0 Å². The summed E-state index contributed by atoms with van der Waals surface area (Å²) in [6.45, 7) is 5.42. The van der Waals surface area contributed by atoms with Gasteiger partial charge in [0.1, 0.15) is 5.75 Å². The van der Waals surface area contributed by atoms with Crippen LogP contribution in [0.2, 0.25) is 0 Å². The van der Waals surface area contributed by atoms with Crippen LogP contribution in [0.5, 0.6) is 5.75 Å². The maximum absolute atomic E-state index is 12.9. The van der Waals surface area contributed by atoms with E-state index in [4.69, 9.17) is 4.74 Å². The van der Waals surface area contributed by atoms with Gasteiger partial charge in [-0.2, -0.15) is 0 Å². The van der Waals surface area contributed by atoms with Crippen LogP contribution in [0, 0.1) is 19.8 Å². The Hall–Kier alpha value is -3.22. The molecule has 0 spiro atoms. The SMILES string of the molecule is COc1ccc2cc(NC(=O)[C@H]3CCCN(c4nc(C)cc(C)n4)C3)cnc2c1. The summed E-state index contributed by atoms with van der Waals surface area (Å²) in [4.78, 5) is 28.5. The van der Waals surface area contributed by atoms with Gasteiger partial charge >= 0.3 is 0 Å². The van der Waals surface area contributed by atoms with Crippen molar-refractivity contribution in [1.82, 2.24) is 15.0 Å². The Balaban J connectivity index is 1.47. The smallest absolute Gasteiger partial charge is 0.229 e. The molecule has 1 aliphatic rings. The number of benzene rings is 1. The second-order valence-electron chi connectivity index (χ2n) is 7.51. The highest BCUT2D eigenvalue weighted by atomic mass is 16.5. The lowest BCUT2D eigenvalue weighted by molar-refractivity contribution is -0.120. The number of nitrogens with one attached hydrogen (secondary N) is 1. The molecule has 0 radical (unpaired) electrons. The number of amides is 1. The van der Waals surface area contributed by atoms with Gasteiger partial charge < -0.3 is 15.0 Å². The highest BCUT2D eigenvalue weighted by molar-refractivity contribution is 5.95. The van der Waals surface area contributed by atoms with Crippen LogP contribution >= 0.6 is 0 Å². The van der Waals surface area contributed by atoms with Gasteiger partial charge in [-0.15, -0.1) is 0 Å². The van der Waals surface area contributed by atoms with Crippen LogP contribution in [-0.4, -0.2) is 41.1 Å². The normalized spacial score (nSPS) is 16.7. The molecule has 7 heteroatoms. The number of rotatable bonds is 4. The van der Waals surface area contributed by atoms with E-state index in [1.54, 1.807) is 13.3 Å². The van der Waals surface area contributed by atoms with E-state index < -0.39 is 0 Å². The van der Waals surface area contributed by atoms with Crippen molar-refractivity contribution in [2.24, 2.45) is 5.92 Å². The molecule has 4 rings (SSSR count). The topological polar surface area (TPSA) is 80.2 Å². The van der Waals surface area contributed by atoms with E-state index in [1.165, 1.54) is 0 Å². The van der Waals surface area contributed by atoms with E-state index in [-0.39, 0.29) is 11.8 Å². The molecular weight excluding hydrogens is 366 g/mol. The van der Waals surface area contributed by atoms with E-state index in [9.17, 15) is 4.79 Å². The van der Waals surface area contributed by atoms with Crippen molar-refractivity contribution in [3.8, 4) is 5.75 Å². The summed E-state index contributed by atoms with van der Waals surface area (Å²) in [6.07, 6.45) is 3.48. The van der Waals surface area contributed by atoms with Gasteiger partial charge in [0, 0.05) is 35.9 Å². The average molecular weight is 391 g/mol. The number of pyridine rings is 1. The van der Waals surface area contributed by atoms with Gasteiger partial charge in [0.2, 0.25) is 11.9 Å². The van der Waals surface area contributed by atoms with Gasteiger partial charge in [0.15, 0.2) is 0 Å². The van der Waals surface area contributed by atoms with Gasteiger partial charge in [-0.25, -0.2) is 9.97 Å². The molecule has 1 aromatic carbocycles. The Bertz CT molecular complexity index is 1030. The number of hydrogen-bond donors (Lipinski definition) is 1. The molecule has 150 valence electrons. The van der Waals surface area contributed by atoms with Gasteiger partial charge in [-0.1, -0.05) is 0 Å². The molecule has 7 nitrogen and oxygen atoms in total. The number of aromatic nitrogens is 3. The minimum absolute atomic E-state index is 0.00809. The Kier molecular flexibility index (Phi) is 5.29. The Morgan fingerprint density at radius 3 is 2.72 bits per heavy atom. The Morgan fingerprint density at radius 1 is 1.17 bits per heavy atom. The molecule has 0 bridgehead atoms. The van der Waals surface area contributed by atoms with Crippen LogP contribution < -0.4 is 15.0 Å². The molecule has 1 saturated heterocycles. The Morgan fingerprint density at radius 2 is 1.97 bits per heavy atom. The molecule has 1 atom stereocenters. The predicted octanol–water partition coefficient (Wildman–Crippen LogP) is 3.51. The van der Waals surface area contributed by atoms with Crippen molar-refractivity contribution in [2.45, 2.75) is 26.7 Å². The zero-order valence-corrected chi connectivity index (χ0v) is 17.0. The first kappa shape index (κ1) is 19.1. The van der Waals surface area contributed by atoms with E-state index in [2.05, 4.69) is 25.2 Å². The number of piperidine rings is 1. The maximum atomic E-state index is 12.9. The summed E-state index contributed by atoms with van der Waals surface area (Å²) in [5, 5.41) is 3.98. The molecule has 29 heavy (non-hydrogen) atoms. The summed E-state index contributed by atoms with van der Waals surface area (Å²) < 4.78 is 5.23. The first-order valence-electron chi connectivity index (χ1n) is 9.84. The van der Waals surface area contributed by atoms with E-state index >= 15 is 0 Å². The number of aryl methyl sites for hydroxylation is 2. The second kappa shape index (κ2) is 8.03. The summed E-state index contributed by atoms with van der Waals surface area (Å²) in [6, 6.07) is 9.60. The van der Waals surface area contributed by atoms with E-state index in [0.717, 1.165) is 47.4 Å². The molecule has 0 aliphatic carbocycles. The quantitative estimate of drug-likeness (QED) is 0.733. The van der Waals surface area contributed by atoms with Gasteiger partial charge in [0.05, 0.1) is 30.4 Å². The van der Waals surface area contributed by atoms with Crippen LogP contribution in [0.25, 0.3) is 10.9 Å². The molecule has 2 aromatic heterocycles. The average Bonchev–Trinajstić information content (AvgIpc) is 2.72. The number of anilines is 2. The van der Waals surface area contributed by atoms with Gasteiger partial charge in [-0.3, -0.25) is 9.78 Å². The van der Waals surface area contributed by atoms with Crippen LogP contribution in [0.15, 0.2) is 36.5 Å². The van der Waals surface area contributed by atoms with Crippen molar-refractivity contribution < 1.29 is 9.53 Å². The monoisotopic (exact) mass is 391 g/mol. The fourth-order valence-electron chi connectivity index (χ4n) is 3.76. The van der Waals surface area contributed by atoms with E-state index in [0.29, 0.717) is 18.2 Å². The van der Waals surface area contributed by atoms with Crippen molar-refractivity contribution in [2.75, 3.05) is 30.4 Å². The zero-order valence-electron chi connectivity index (χ0n) is 17.0. The molecule has 1 aliphatic heterocycles.